The zero-order chi connectivity index (χ0) is 13.2. The zero-order valence-corrected chi connectivity index (χ0v) is 10.7. The molecule has 98 valence electrons. The predicted molar refractivity (Wildman–Crippen MR) is 71.9 cm³/mol. The summed E-state index contributed by atoms with van der Waals surface area (Å²) in [6.45, 7) is 0.571. The van der Waals surface area contributed by atoms with E-state index in [0.717, 1.165) is 31.5 Å². The van der Waals surface area contributed by atoms with Gasteiger partial charge in [0, 0.05) is 25.4 Å². The van der Waals surface area contributed by atoms with Crippen LogP contribution in [0.3, 0.4) is 0 Å². The van der Waals surface area contributed by atoms with E-state index in [4.69, 9.17) is 11.1 Å². The van der Waals surface area contributed by atoms with Gasteiger partial charge in [-0.2, -0.15) is 0 Å². The highest BCUT2D eigenvalue weighted by Crippen LogP contribution is 2.30. The number of likely N-dealkylation sites (N-methyl/N-ethyl adjacent to an activating group) is 1. The van der Waals surface area contributed by atoms with Gasteiger partial charge in [-0.1, -0.05) is 12.8 Å². The molecule has 1 heterocycles. The topological polar surface area (TPSA) is 86.2 Å². The first-order chi connectivity index (χ1) is 8.50. The van der Waals surface area contributed by atoms with Crippen LogP contribution in [0.15, 0.2) is 18.3 Å². The number of rotatable bonds is 4. The number of amidine groups is 1. The first kappa shape index (κ1) is 12.8. The molecule has 0 saturated heterocycles. The van der Waals surface area contributed by atoms with Crippen LogP contribution in [0.2, 0.25) is 0 Å². The number of hydrogen-bond acceptors (Lipinski definition) is 4. The number of nitrogens with two attached hydrogens (primary N) is 1. The molecular formula is C13H20N4O. The summed E-state index contributed by atoms with van der Waals surface area (Å²) in [4.78, 5) is 6.19. The summed E-state index contributed by atoms with van der Waals surface area (Å²) in [5.41, 5.74) is 5.52. The molecule has 1 fully saturated rings. The average molecular weight is 248 g/mol. The third kappa shape index (κ3) is 2.79. The van der Waals surface area contributed by atoms with Gasteiger partial charge in [-0.3, -0.25) is 5.41 Å². The van der Waals surface area contributed by atoms with Gasteiger partial charge in [0.1, 0.15) is 11.7 Å². The Morgan fingerprint density at radius 1 is 1.56 bits per heavy atom. The van der Waals surface area contributed by atoms with Crippen molar-refractivity contribution in [2.24, 2.45) is 5.73 Å². The van der Waals surface area contributed by atoms with E-state index in [1.54, 1.807) is 18.3 Å². The fourth-order valence-electron chi connectivity index (χ4n) is 2.51. The Bertz CT molecular complexity index is 440. The van der Waals surface area contributed by atoms with Crippen LogP contribution in [0.1, 0.15) is 31.2 Å². The number of aliphatic hydroxyl groups is 1. The molecule has 0 spiro atoms. The highest BCUT2D eigenvalue weighted by atomic mass is 16.3. The Hall–Kier alpha value is -1.62. The van der Waals surface area contributed by atoms with Crippen molar-refractivity contribution >= 4 is 11.7 Å². The smallest absolute Gasteiger partial charge is 0.129 e. The molecule has 0 aromatic carbocycles. The van der Waals surface area contributed by atoms with Crippen molar-refractivity contribution in [3.05, 3.63) is 23.9 Å². The standard InChI is InChI=1S/C13H20N4O/c1-17(9-13(18)5-2-3-6-13)11-8-10(12(14)15)4-7-16-11/h4,7-8,18H,2-3,5-6,9H2,1H3,(H3,14,15). The minimum absolute atomic E-state index is 0.0339. The maximum atomic E-state index is 10.4. The monoisotopic (exact) mass is 248 g/mol. The van der Waals surface area contributed by atoms with E-state index in [0.29, 0.717) is 12.1 Å². The summed E-state index contributed by atoms with van der Waals surface area (Å²) < 4.78 is 0. The quantitative estimate of drug-likeness (QED) is 0.550. The summed E-state index contributed by atoms with van der Waals surface area (Å²) in [5, 5.41) is 17.8. The second-order valence-corrected chi connectivity index (χ2v) is 5.10. The van der Waals surface area contributed by atoms with E-state index in [1.807, 2.05) is 11.9 Å². The van der Waals surface area contributed by atoms with E-state index < -0.39 is 5.60 Å². The van der Waals surface area contributed by atoms with Gasteiger partial charge in [-0.25, -0.2) is 4.98 Å². The van der Waals surface area contributed by atoms with Crippen LogP contribution < -0.4 is 10.6 Å². The normalized spacial score (nSPS) is 17.7. The number of nitrogens with one attached hydrogen (secondary N) is 1. The molecule has 1 aliphatic carbocycles. The lowest BCUT2D eigenvalue weighted by atomic mass is 10.0. The molecule has 0 amide bonds. The second-order valence-electron chi connectivity index (χ2n) is 5.10. The van der Waals surface area contributed by atoms with Crippen LogP contribution in [0.4, 0.5) is 5.82 Å². The first-order valence-electron chi connectivity index (χ1n) is 6.24. The van der Waals surface area contributed by atoms with Crippen LogP contribution >= 0.6 is 0 Å². The lowest BCUT2D eigenvalue weighted by Crippen LogP contribution is -2.39. The number of aromatic nitrogens is 1. The summed E-state index contributed by atoms with van der Waals surface area (Å²) in [6, 6.07) is 3.49. The van der Waals surface area contributed by atoms with E-state index in [1.165, 1.54) is 0 Å². The second kappa shape index (κ2) is 4.94. The molecule has 0 atom stereocenters. The van der Waals surface area contributed by atoms with Gasteiger partial charge in [-0.05, 0) is 25.0 Å². The summed E-state index contributed by atoms with van der Waals surface area (Å²) in [5.74, 6) is 0.773. The zero-order valence-electron chi connectivity index (χ0n) is 10.7. The van der Waals surface area contributed by atoms with Crippen molar-refractivity contribution in [2.75, 3.05) is 18.5 Å². The van der Waals surface area contributed by atoms with Crippen LogP contribution in [-0.4, -0.2) is 35.1 Å². The number of anilines is 1. The summed E-state index contributed by atoms with van der Waals surface area (Å²) in [6.07, 6.45) is 5.52. The minimum Gasteiger partial charge on any atom is -0.388 e. The van der Waals surface area contributed by atoms with Crippen molar-refractivity contribution in [2.45, 2.75) is 31.3 Å². The molecule has 1 aromatic heterocycles. The van der Waals surface area contributed by atoms with Crippen LogP contribution in [0.5, 0.6) is 0 Å². The molecular weight excluding hydrogens is 228 g/mol. The van der Waals surface area contributed by atoms with Gasteiger partial charge in [-0.15, -0.1) is 0 Å². The predicted octanol–water partition coefficient (Wildman–Crippen LogP) is 1.11. The Morgan fingerprint density at radius 3 is 2.83 bits per heavy atom. The largest absolute Gasteiger partial charge is 0.388 e. The fraction of sp³-hybridized carbons (Fsp3) is 0.538. The van der Waals surface area contributed by atoms with Crippen molar-refractivity contribution in [3.8, 4) is 0 Å². The highest BCUT2D eigenvalue weighted by molar-refractivity contribution is 5.95. The van der Waals surface area contributed by atoms with Crippen molar-refractivity contribution in [1.29, 1.82) is 5.41 Å². The molecule has 2 rings (SSSR count). The maximum absolute atomic E-state index is 10.4. The molecule has 0 radical (unpaired) electrons. The summed E-state index contributed by atoms with van der Waals surface area (Å²) in [7, 11) is 1.91. The van der Waals surface area contributed by atoms with E-state index in [2.05, 4.69) is 4.98 Å². The third-order valence-corrected chi connectivity index (χ3v) is 3.51. The summed E-state index contributed by atoms with van der Waals surface area (Å²) >= 11 is 0. The van der Waals surface area contributed by atoms with Crippen LogP contribution in [0.25, 0.3) is 0 Å². The molecule has 5 heteroatoms. The molecule has 5 nitrogen and oxygen atoms in total. The molecule has 1 aliphatic rings. The van der Waals surface area contributed by atoms with Crippen LogP contribution in [0, 0.1) is 5.41 Å². The van der Waals surface area contributed by atoms with Crippen LogP contribution in [-0.2, 0) is 0 Å². The molecule has 18 heavy (non-hydrogen) atoms. The Labute approximate surface area is 107 Å². The van der Waals surface area contributed by atoms with Gasteiger partial charge >= 0.3 is 0 Å². The van der Waals surface area contributed by atoms with E-state index in [9.17, 15) is 5.11 Å². The van der Waals surface area contributed by atoms with Crippen molar-refractivity contribution in [1.82, 2.24) is 4.98 Å². The molecule has 1 saturated carbocycles. The van der Waals surface area contributed by atoms with Crippen molar-refractivity contribution in [3.63, 3.8) is 0 Å². The lowest BCUT2D eigenvalue weighted by molar-refractivity contribution is 0.0558. The molecule has 0 unspecified atom stereocenters. The molecule has 0 bridgehead atoms. The van der Waals surface area contributed by atoms with Crippen molar-refractivity contribution < 1.29 is 5.11 Å². The fourth-order valence-corrected chi connectivity index (χ4v) is 2.51. The molecule has 1 aromatic rings. The van der Waals surface area contributed by atoms with Gasteiger partial charge < -0.3 is 15.7 Å². The first-order valence-corrected chi connectivity index (χ1v) is 6.24. The number of nitrogens with zero attached hydrogens (tertiary/aromatic N) is 2. The van der Waals surface area contributed by atoms with Gasteiger partial charge in [0.05, 0.1) is 5.60 Å². The lowest BCUT2D eigenvalue weighted by Gasteiger charge is -2.29. The van der Waals surface area contributed by atoms with Gasteiger partial charge in [0.2, 0.25) is 0 Å². The van der Waals surface area contributed by atoms with E-state index >= 15 is 0 Å². The molecule has 4 N–H and O–H groups in total. The molecule has 0 aliphatic heterocycles. The average Bonchev–Trinajstić information content (AvgIpc) is 2.76. The minimum atomic E-state index is -0.595. The Kier molecular flexibility index (Phi) is 3.52. The third-order valence-electron chi connectivity index (χ3n) is 3.51. The SMILES string of the molecule is CN(CC1(O)CCCC1)c1cc(C(=N)N)ccn1. The highest BCUT2D eigenvalue weighted by Gasteiger charge is 2.32. The number of hydrogen-bond donors (Lipinski definition) is 3. The van der Waals surface area contributed by atoms with Gasteiger partial charge in [0.15, 0.2) is 0 Å². The Balaban J connectivity index is 2.10. The number of nitrogen functional groups attached to an aromatic ring is 1. The van der Waals surface area contributed by atoms with E-state index in [-0.39, 0.29) is 5.84 Å². The Morgan fingerprint density at radius 2 is 2.22 bits per heavy atom. The number of pyridine rings is 1. The maximum Gasteiger partial charge on any atom is 0.129 e. The van der Waals surface area contributed by atoms with Gasteiger partial charge in [0.25, 0.3) is 0 Å².